The van der Waals surface area contributed by atoms with Crippen LogP contribution in [0, 0.1) is 0 Å². The molecule has 0 radical (unpaired) electrons. The number of rotatable bonds is 3. The molecule has 1 aromatic rings. The van der Waals surface area contributed by atoms with Gasteiger partial charge in [0, 0.05) is 25.7 Å². The van der Waals surface area contributed by atoms with E-state index in [9.17, 15) is 4.79 Å². The maximum Gasteiger partial charge on any atom is 0.257 e. The van der Waals surface area contributed by atoms with Crippen LogP contribution < -0.4 is 4.74 Å². The molecule has 1 atom stereocenters. The normalized spacial score (nSPS) is 26.2. The van der Waals surface area contributed by atoms with Crippen LogP contribution in [-0.2, 0) is 4.74 Å². The lowest BCUT2D eigenvalue weighted by molar-refractivity contribution is -0.128. The summed E-state index contributed by atoms with van der Waals surface area (Å²) in [5.41, 5.74) is 0.633. The van der Waals surface area contributed by atoms with Gasteiger partial charge in [-0.1, -0.05) is 12.1 Å². The highest BCUT2D eigenvalue weighted by molar-refractivity contribution is 5.97. The van der Waals surface area contributed by atoms with E-state index in [1.54, 1.807) is 7.11 Å². The first-order valence-electron chi connectivity index (χ1n) is 10.0. The minimum absolute atomic E-state index is 0.0247. The Morgan fingerprint density at radius 2 is 1.88 bits per heavy atom. The summed E-state index contributed by atoms with van der Waals surface area (Å²) < 4.78 is 11.6. The van der Waals surface area contributed by atoms with Gasteiger partial charge in [0.25, 0.3) is 5.91 Å². The first kappa shape index (κ1) is 17.8. The maximum atomic E-state index is 12.9. The number of para-hydroxylation sites is 1. The SMILES string of the molecule is COc1ccccc1C(=O)N1CCC2(CC1)CC(N1CCCC1)CCO2. The van der Waals surface area contributed by atoms with Crippen LogP contribution in [0.4, 0.5) is 0 Å². The fourth-order valence-corrected chi connectivity index (χ4v) is 4.88. The molecule has 1 unspecified atom stereocenters. The molecule has 3 saturated heterocycles. The highest BCUT2D eigenvalue weighted by Crippen LogP contribution is 2.38. The Morgan fingerprint density at radius 3 is 2.62 bits per heavy atom. The minimum Gasteiger partial charge on any atom is -0.496 e. The summed E-state index contributed by atoms with van der Waals surface area (Å²) in [5, 5.41) is 0. The molecule has 0 saturated carbocycles. The molecule has 5 heteroatoms. The number of ether oxygens (including phenoxy) is 2. The average Bonchev–Trinajstić information content (AvgIpc) is 3.23. The summed E-state index contributed by atoms with van der Waals surface area (Å²) in [4.78, 5) is 17.5. The molecule has 5 nitrogen and oxygen atoms in total. The summed E-state index contributed by atoms with van der Waals surface area (Å²) in [6.45, 7) is 4.90. The van der Waals surface area contributed by atoms with Gasteiger partial charge in [0.05, 0.1) is 18.3 Å². The molecule has 1 aromatic carbocycles. The summed E-state index contributed by atoms with van der Waals surface area (Å²) in [6.07, 6.45) is 6.85. The van der Waals surface area contributed by atoms with Crippen molar-refractivity contribution in [1.29, 1.82) is 0 Å². The number of carbonyl (C=O) groups is 1. The van der Waals surface area contributed by atoms with Gasteiger partial charge >= 0.3 is 0 Å². The van der Waals surface area contributed by atoms with Gasteiger partial charge in [0.2, 0.25) is 0 Å². The van der Waals surface area contributed by atoms with Crippen LogP contribution in [0.25, 0.3) is 0 Å². The monoisotopic (exact) mass is 358 g/mol. The Kier molecular flexibility index (Phi) is 5.18. The molecule has 142 valence electrons. The molecular formula is C21H30N2O3. The fourth-order valence-electron chi connectivity index (χ4n) is 4.88. The van der Waals surface area contributed by atoms with Crippen molar-refractivity contribution in [2.45, 2.75) is 50.2 Å². The van der Waals surface area contributed by atoms with Crippen LogP contribution >= 0.6 is 0 Å². The lowest BCUT2D eigenvalue weighted by Crippen LogP contribution is -2.54. The average molecular weight is 358 g/mol. The van der Waals surface area contributed by atoms with E-state index in [1.165, 1.54) is 25.9 Å². The van der Waals surface area contributed by atoms with Gasteiger partial charge in [0.15, 0.2) is 0 Å². The second-order valence-electron chi connectivity index (χ2n) is 7.91. The van der Waals surface area contributed by atoms with Crippen molar-refractivity contribution < 1.29 is 14.3 Å². The van der Waals surface area contributed by atoms with E-state index in [1.807, 2.05) is 29.2 Å². The molecule has 1 spiro atoms. The number of nitrogens with zero attached hydrogens (tertiary/aromatic N) is 2. The van der Waals surface area contributed by atoms with E-state index in [0.29, 0.717) is 17.4 Å². The highest BCUT2D eigenvalue weighted by Gasteiger charge is 2.43. The number of piperidine rings is 1. The Bertz CT molecular complexity index is 634. The lowest BCUT2D eigenvalue weighted by atomic mass is 9.81. The summed E-state index contributed by atoms with van der Waals surface area (Å²) in [5.74, 6) is 0.727. The van der Waals surface area contributed by atoms with Crippen molar-refractivity contribution in [2.24, 2.45) is 0 Å². The third kappa shape index (κ3) is 3.47. The Hall–Kier alpha value is -1.59. The van der Waals surface area contributed by atoms with Crippen molar-refractivity contribution >= 4 is 5.91 Å². The molecule has 0 N–H and O–H groups in total. The van der Waals surface area contributed by atoms with Crippen molar-refractivity contribution in [3.63, 3.8) is 0 Å². The zero-order chi connectivity index (χ0) is 18.0. The van der Waals surface area contributed by atoms with Crippen LogP contribution in [0.2, 0.25) is 0 Å². The van der Waals surface area contributed by atoms with Gasteiger partial charge in [-0.25, -0.2) is 0 Å². The molecule has 0 bridgehead atoms. The van der Waals surface area contributed by atoms with Gasteiger partial charge in [-0.05, 0) is 63.7 Å². The molecule has 0 aromatic heterocycles. The molecule has 3 heterocycles. The van der Waals surface area contributed by atoms with Crippen molar-refractivity contribution in [3.05, 3.63) is 29.8 Å². The van der Waals surface area contributed by atoms with Gasteiger partial charge in [0.1, 0.15) is 5.75 Å². The van der Waals surface area contributed by atoms with Gasteiger partial charge in [-0.2, -0.15) is 0 Å². The van der Waals surface area contributed by atoms with E-state index >= 15 is 0 Å². The number of methoxy groups -OCH3 is 1. The highest BCUT2D eigenvalue weighted by atomic mass is 16.5. The molecule has 3 fully saturated rings. The van der Waals surface area contributed by atoms with Crippen LogP contribution in [-0.4, -0.2) is 67.2 Å². The Morgan fingerprint density at radius 1 is 1.15 bits per heavy atom. The quantitative estimate of drug-likeness (QED) is 0.833. The van der Waals surface area contributed by atoms with E-state index in [-0.39, 0.29) is 11.5 Å². The first-order valence-corrected chi connectivity index (χ1v) is 10.0. The Labute approximate surface area is 156 Å². The first-order chi connectivity index (χ1) is 12.7. The number of likely N-dealkylation sites (tertiary alicyclic amines) is 2. The van der Waals surface area contributed by atoms with Gasteiger partial charge in [-0.15, -0.1) is 0 Å². The molecule has 3 aliphatic rings. The molecule has 3 aliphatic heterocycles. The number of hydrogen-bond acceptors (Lipinski definition) is 4. The predicted molar refractivity (Wildman–Crippen MR) is 101 cm³/mol. The minimum atomic E-state index is -0.0247. The zero-order valence-electron chi connectivity index (χ0n) is 15.8. The molecular weight excluding hydrogens is 328 g/mol. The summed E-state index contributed by atoms with van der Waals surface area (Å²) in [7, 11) is 1.62. The number of amides is 1. The second-order valence-corrected chi connectivity index (χ2v) is 7.91. The second kappa shape index (κ2) is 7.57. The van der Waals surface area contributed by atoms with Crippen LogP contribution in [0.3, 0.4) is 0 Å². The van der Waals surface area contributed by atoms with Crippen molar-refractivity contribution in [3.8, 4) is 5.75 Å². The van der Waals surface area contributed by atoms with Crippen LogP contribution in [0.1, 0.15) is 48.9 Å². The largest absolute Gasteiger partial charge is 0.496 e. The summed E-state index contributed by atoms with van der Waals surface area (Å²) >= 11 is 0. The van der Waals surface area contributed by atoms with E-state index in [0.717, 1.165) is 45.4 Å². The predicted octanol–water partition coefficient (Wildman–Crippen LogP) is 2.94. The third-order valence-corrected chi connectivity index (χ3v) is 6.42. The molecule has 1 amide bonds. The standard InChI is InChI=1S/C21H30N2O3/c1-25-19-7-3-2-6-18(19)20(24)23-13-9-21(10-14-23)16-17(8-15-26-21)22-11-4-5-12-22/h2-3,6-7,17H,4-5,8-16H2,1H3. The van der Waals surface area contributed by atoms with E-state index in [2.05, 4.69) is 4.90 Å². The lowest BCUT2D eigenvalue weighted by Gasteiger charge is -2.48. The van der Waals surface area contributed by atoms with Gasteiger partial charge < -0.3 is 19.3 Å². The molecule has 0 aliphatic carbocycles. The topological polar surface area (TPSA) is 42.0 Å². The van der Waals surface area contributed by atoms with Crippen molar-refractivity contribution in [2.75, 3.05) is 39.9 Å². The molecule has 4 rings (SSSR count). The number of carbonyl (C=O) groups excluding carboxylic acids is 1. The third-order valence-electron chi connectivity index (χ3n) is 6.42. The molecule has 26 heavy (non-hydrogen) atoms. The maximum absolute atomic E-state index is 12.9. The smallest absolute Gasteiger partial charge is 0.257 e. The Balaban J connectivity index is 1.39. The number of hydrogen-bond donors (Lipinski definition) is 0. The summed E-state index contributed by atoms with van der Waals surface area (Å²) in [6, 6.07) is 8.17. The van der Waals surface area contributed by atoms with Gasteiger partial charge in [-0.3, -0.25) is 4.79 Å². The fraction of sp³-hybridized carbons (Fsp3) is 0.667. The van der Waals surface area contributed by atoms with Crippen LogP contribution in [0.15, 0.2) is 24.3 Å². The van der Waals surface area contributed by atoms with E-state index in [4.69, 9.17) is 9.47 Å². The zero-order valence-corrected chi connectivity index (χ0v) is 15.8. The number of benzene rings is 1. The van der Waals surface area contributed by atoms with E-state index < -0.39 is 0 Å². The van der Waals surface area contributed by atoms with Crippen molar-refractivity contribution in [1.82, 2.24) is 9.80 Å². The van der Waals surface area contributed by atoms with Crippen LogP contribution in [0.5, 0.6) is 5.75 Å².